The first-order chi connectivity index (χ1) is 13.9. The number of carbonyl (C=O) groups is 1. The fourth-order valence-corrected chi connectivity index (χ4v) is 4.09. The Hall–Kier alpha value is -3.39. The second-order valence-electron chi connectivity index (χ2n) is 6.31. The van der Waals surface area contributed by atoms with Crippen molar-refractivity contribution < 1.29 is 17.9 Å². The third-order valence-corrected chi connectivity index (χ3v) is 5.99. The highest BCUT2D eigenvalue weighted by Gasteiger charge is 2.27. The Morgan fingerprint density at radius 3 is 2.34 bits per heavy atom. The van der Waals surface area contributed by atoms with Gasteiger partial charge in [0.2, 0.25) is 5.91 Å². The van der Waals surface area contributed by atoms with E-state index in [0.717, 1.165) is 9.87 Å². The smallest absolute Gasteiger partial charge is 0.264 e. The van der Waals surface area contributed by atoms with Crippen molar-refractivity contribution in [3.8, 4) is 5.75 Å². The summed E-state index contributed by atoms with van der Waals surface area (Å²) >= 11 is 0. The van der Waals surface area contributed by atoms with E-state index < -0.39 is 15.9 Å². The van der Waals surface area contributed by atoms with Gasteiger partial charge in [-0.15, -0.1) is 0 Å². The van der Waals surface area contributed by atoms with Crippen LogP contribution in [0.2, 0.25) is 0 Å². The van der Waals surface area contributed by atoms with Gasteiger partial charge >= 0.3 is 0 Å². The molecule has 0 aliphatic carbocycles. The van der Waals surface area contributed by atoms with E-state index in [4.69, 9.17) is 4.74 Å². The number of methoxy groups -OCH3 is 1. The van der Waals surface area contributed by atoms with Gasteiger partial charge in [0.05, 0.1) is 29.6 Å². The zero-order valence-corrected chi connectivity index (χ0v) is 16.9. The number of anilines is 2. The molecule has 1 aromatic heterocycles. The highest BCUT2D eigenvalue weighted by Crippen LogP contribution is 2.25. The number of amides is 1. The van der Waals surface area contributed by atoms with Crippen LogP contribution >= 0.6 is 0 Å². The molecule has 0 aliphatic rings. The predicted molar refractivity (Wildman–Crippen MR) is 112 cm³/mol. The number of sulfonamides is 1. The minimum Gasteiger partial charge on any atom is -0.497 e. The highest BCUT2D eigenvalue weighted by atomic mass is 32.2. The molecule has 0 unspecified atom stereocenters. The van der Waals surface area contributed by atoms with E-state index in [1.807, 2.05) is 6.92 Å². The van der Waals surface area contributed by atoms with E-state index in [1.54, 1.807) is 54.7 Å². The maximum atomic E-state index is 13.3. The summed E-state index contributed by atoms with van der Waals surface area (Å²) < 4.78 is 32.8. The van der Waals surface area contributed by atoms with Gasteiger partial charge in [0.1, 0.15) is 12.3 Å². The lowest BCUT2D eigenvalue weighted by atomic mass is 10.2. The van der Waals surface area contributed by atoms with Crippen LogP contribution in [-0.4, -0.2) is 33.0 Å². The van der Waals surface area contributed by atoms with E-state index in [0.29, 0.717) is 17.1 Å². The van der Waals surface area contributed by atoms with Crippen LogP contribution in [0.25, 0.3) is 0 Å². The minimum absolute atomic E-state index is 0.0630. The second kappa shape index (κ2) is 8.74. The quantitative estimate of drug-likeness (QED) is 0.645. The molecule has 0 spiro atoms. The fraction of sp³-hybridized carbons (Fsp3) is 0.143. The Balaban J connectivity index is 1.93. The second-order valence-corrected chi connectivity index (χ2v) is 8.17. The van der Waals surface area contributed by atoms with Crippen LogP contribution in [0.1, 0.15) is 5.56 Å². The predicted octanol–water partition coefficient (Wildman–Crippen LogP) is 3.23. The SMILES string of the molecule is COc1ccc(S(=O)(=O)N(CC(=O)Nc2cccnc2)c2ccc(C)cc2)cc1. The van der Waals surface area contributed by atoms with Crippen LogP contribution < -0.4 is 14.4 Å². The number of hydrogen-bond donors (Lipinski definition) is 1. The molecule has 0 saturated carbocycles. The molecule has 8 heteroatoms. The Morgan fingerprint density at radius 2 is 1.76 bits per heavy atom. The van der Waals surface area contributed by atoms with Gasteiger partial charge in [-0.1, -0.05) is 17.7 Å². The van der Waals surface area contributed by atoms with E-state index in [-0.39, 0.29) is 11.4 Å². The molecule has 7 nitrogen and oxygen atoms in total. The number of carbonyl (C=O) groups excluding carboxylic acids is 1. The molecule has 0 bridgehead atoms. The van der Waals surface area contributed by atoms with Crippen LogP contribution in [0.5, 0.6) is 5.75 Å². The summed E-state index contributed by atoms with van der Waals surface area (Å²) in [6, 6.07) is 16.3. The summed E-state index contributed by atoms with van der Waals surface area (Å²) in [4.78, 5) is 16.6. The monoisotopic (exact) mass is 411 g/mol. The summed E-state index contributed by atoms with van der Waals surface area (Å²) in [6.07, 6.45) is 3.08. The minimum atomic E-state index is -3.98. The van der Waals surface area contributed by atoms with E-state index >= 15 is 0 Å². The van der Waals surface area contributed by atoms with Crippen molar-refractivity contribution in [2.75, 3.05) is 23.3 Å². The third-order valence-electron chi connectivity index (χ3n) is 4.20. The molecule has 1 heterocycles. The van der Waals surface area contributed by atoms with Gasteiger partial charge in [-0.2, -0.15) is 0 Å². The number of ether oxygens (including phenoxy) is 1. The zero-order chi connectivity index (χ0) is 20.9. The Labute approximate surface area is 170 Å². The van der Waals surface area contributed by atoms with Crippen molar-refractivity contribution in [3.63, 3.8) is 0 Å². The molecule has 2 aromatic carbocycles. The van der Waals surface area contributed by atoms with E-state index in [2.05, 4.69) is 10.3 Å². The van der Waals surface area contributed by atoms with Crippen molar-refractivity contribution in [2.24, 2.45) is 0 Å². The molecule has 1 N–H and O–H groups in total. The van der Waals surface area contributed by atoms with Gasteiger partial charge in [-0.3, -0.25) is 14.1 Å². The van der Waals surface area contributed by atoms with Crippen molar-refractivity contribution in [1.29, 1.82) is 0 Å². The Morgan fingerprint density at radius 1 is 1.07 bits per heavy atom. The number of pyridine rings is 1. The average molecular weight is 411 g/mol. The van der Waals surface area contributed by atoms with Crippen molar-refractivity contribution in [3.05, 3.63) is 78.6 Å². The van der Waals surface area contributed by atoms with E-state index in [1.165, 1.54) is 25.4 Å². The molecule has 1 amide bonds. The van der Waals surface area contributed by atoms with Crippen molar-refractivity contribution >= 4 is 27.3 Å². The molecule has 0 atom stereocenters. The molecule has 0 fully saturated rings. The molecule has 29 heavy (non-hydrogen) atoms. The van der Waals surface area contributed by atoms with Gasteiger partial charge in [0, 0.05) is 6.20 Å². The van der Waals surface area contributed by atoms with Crippen LogP contribution in [0.15, 0.2) is 78.0 Å². The molecule has 0 aliphatic heterocycles. The summed E-state index contributed by atoms with van der Waals surface area (Å²) in [6.45, 7) is 1.52. The lowest BCUT2D eigenvalue weighted by molar-refractivity contribution is -0.114. The Kier molecular flexibility index (Phi) is 6.13. The average Bonchev–Trinajstić information content (AvgIpc) is 2.73. The molecular weight excluding hydrogens is 390 g/mol. The third kappa shape index (κ3) is 4.91. The summed E-state index contributed by atoms with van der Waals surface area (Å²) in [5, 5.41) is 2.67. The normalized spacial score (nSPS) is 11.0. The molecule has 3 aromatic rings. The molecular formula is C21H21N3O4S. The summed E-state index contributed by atoms with van der Waals surface area (Å²) in [7, 11) is -2.47. The van der Waals surface area contributed by atoms with Crippen molar-refractivity contribution in [1.82, 2.24) is 4.98 Å². The number of benzene rings is 2. The van der Waals surface area contributed by atoms with Crippen LogP contribution in [0, 0.1) is 6.92 Å². The van der Waals surface area contributed by atoms with Gasteiger partial charge < -0.3 is 10.1 Å². The Bertz CT molecular complexity index is 1070. The number of aromatic nitrogens is 1. The molecule has 0 saturated heterocycles. The first-order valence-corrected chi connectivity index (χ1v) is 10.3. The van der Waals surface area contributed by atoms with Crippen LogP contribution in [-0.2, 0) is 14.8 Å². The standard InChI is InChI=1S/C21H21N3O4S/c1-16-5-7-18(8-6-16)24(15-21(25)23-17-4-3-13-22-14-17)29(26,27)20-11-9-19(28-2)10-12-20/h3-14H,15H2,1-2H3,(H,23,25). The van der Waals surface area contributed by atoms with Gasteiger partial charge in [-0.25, -0.2) is 8.42 Å². The van der Waals surface area contributed by atoms with Crippen molar-refractivity contribution in [2.45, 2.75) is 11.8 Å². The van der Waals surface area contributed by atoms with Gasteiger partial charge in [-0.05, 0) is 55.5 Å². The number of nitrogens with one attached hydrogen (secondary N) is 1. The largest absolute Gasteiger partial charge is 0.497 e. The number of hydrogen-bond acceptors (Lipinski definition) is 5. The molecule has 0 radical (unpaired) electrons. The summed E-state index contributed by atoms with van der Waals surface area (Å²) in [5.74, 6) is 0.0656. The van der Waals surface area contributed by atoms with Gasteiger partial charge in [0.15, 0.2) is 0 Å². The first-order valence-electron chi connectivity index (χ1n) is 8.83. The van der Waals surface area contributed by atoms with E-state index in [9.17, 15) is 13.2 Å². The maximum absolute atomic E-state index is 13.3. The lowest BCUT2D eigenvalue weighted by Gasteiger charge is -2.24. The highest BCUT2D eigenvalue weighted by molar-refractivity contribution is 7.92. The molecule has 3 rings (SSSR count). The summed E-state index contributed by atoms with van der Waals surface area (Å²) in [5.41, 5.74) is 1.87. The van der Waals surface area contributed by atoms with Crippen LogP contribution in [0.3, 0.4) is 0 Å². The van der Waals surface area contributed by atoms with Crippen LogP contribution in [0.4, 0.5) is 11.4 Å². The first kappa shape index (κ1) is 20.3. The lowest BCUT2D eigenvalue weighted by Crippen LogP contribution is -2.38. The molecule has 150 valence electrons. The number of aryl methyl sites for hydroxylation is 1. The number of rotatable bonds is 7. The zero-order valence-electron chi connectivity index (χ0n) is 16.1. The number of nitrogens with zero attached hydrogens (tertiary/aromatic N) is 2. The maximum Gasteiger partial charge on any atom is 0.264 e. The fourth-order valence-electron chi connectivity index (χ4n) is 2.67. The van der Waals surface area contributed by atoms with Gasteiger partial charge in [0.25, 0.3) is 10.0 Å². The topological polar surface area (TPSA) is 88.6 Å².